The van der Waals surface area contributed by atoms with Crippen LogP contribution < -0.4 is 0 Å². The van der Waals surface area contributed by atoms with Crippen molar-refractivity contribution in [2.75, 3.05) is 6.61 Å². The van der Waals surface area contributed by atoms with Gasteiger partial charge in [0.15, 0.2) is 6.10 Å². The number of benzene rings is 1. The number of aromatic hydroxyl groups is 1. The Morgan fingerprint density at radius 1 is 1.24 bits per heavy atom. The molecule has 1 rings (SSSR count). The highest BCUT2D eigenvalue weighted by molar-refractivity contribution is 5.75. The number of carbonyl (C=O) groups excluding carboxylic acids is 1. The van der Waals surface area contributed by atoms with Gasteiger partial charge in [0, 0.05) is 13.0 Å². The fraction of sp³-hybridized carbons (Fsp3) is 0.588. The summed E-state index contributed by atoms with van der Waals surface area (Å²) in [6, 6.07) is 6.86. The molecule has 1 unspecified atom stereocenters. The van der Waals surface area contributed by atoms with E-state index in [9.17, 15) is 9.90 Å². The van der Waals surface area contributed by atoms with Crippen LogP contribution in [0.4, 0.5) is 0 Å². The van der Waals surface area contributed by atoms with Gasteiger partial charge in [0.2, 0.25) is 0 Å². The van der Waals surface area contributed by atoms with E-state index in [4.69, 9.17) is 9.47 Å². The Morgan fingerprint density at radius 2 is 1.95 bits per heavy atom. The molecule has 0 saturated heterocycles. The highest BCUT2D eigenvalue weighted by atomic mass is 16.6. The third kappa shape index (κ3) is 7.14. The number of hydrogen-bond acceptors (Lipinski definition) is 4. The number of esters is 1. The topological polar surface area (TPSA) is 55.8 Å². The van der Waals surface area contributed by atoms with Crippen LogP contribution in [0, 0.1) is 5.92 Å². The van der Waals surface area contributed by atoms with Crippen LogP contribution in [-0.4, -0.2) is 29.9 Å². The van der Waals surface area contributed by atoms with Gasteiger partial charge in [0.05, 0.1) is 6.10 Å². The van der Waals surface area contributed by atoms with Gasteiger partial charge >= 0.3 is 5.97 Å². The summed E-state index contributed by atoms with van der Waals surface area (Å²) in [5, 5.41) is 9.50. The second-order valence-corrected chi connectivity index (χ2v) is 5.90. The molecule has 4 nitrogen and oxygen atoms in total. The molecule has 0 aromatic heterocycles. The van der Waals surface area contributed by atoms with E-state index in [0.717, 1.165) is 12.0 Å². The van der Waals surface area contributed by atoms with Crippen LogP contribution in [0.3, 0.4) is 0 Å². The molecule has 1 N–H and O–H groups in total. The lowest BCUT2D eigenvalue weighted by molar-refractivity contribution is -0.161. The van der Waals surface area contributed by atoms with Gasteiger partial charge in [-0.2, -0.15) is 0 Å². The predicted molar refractivity (Wildman–Crippen MR) is 82.2 cm³/mol. The molecule has 0 aliphatic rings. The zero-order chi connectivity index (χ0) is 15.8. The van der Waals surface area contributed by atoms with E-state index in [1.807, 2.05) is 19.9 Å². The minimum absolute atomic E-state index is 0.169. The molecule has 0 radical (unpaired) electrons. The summed E-state index contributed by atoms with van der Waals surface area (Å²) < 4.78 is 10.9. The van der Waals surface area contributed by atoms with Crippen LogP contribution in [0.25, 0.3) is 0 Å². The molecule has 0 amide bonds. The van der Waals surface area contributed by atoms with E-state index in [-0.39, 0.29) is 17.8 Å². The Balaban J connectivity index is 2.68. The maximum atomic E-state index is 12.1. The summed E-state index contributed by atoms with van der Waals surface area (Å²) >= 11 is 0. The molecule has 0 fully saturated rings. The standard InChI is InChI=1S/C17H26O4/c1-12(2)8-9-20-16(17(19)21-13(3)4)11-14-6-5-7-15(18)10-14/h5-7,10,12-13,16,18H,8-9,11H2,1-4H3. The van der Waals surface area contributed by atoms with Crippen molar-refractivity contribution in [3.05, 3.63) is 29.8 Å². The molecule has 1 atom stereocenters. The monoisotopic (exact) mass is 294 g/mol. The van der Waals surface area contributed by atoms with Gasteiger partial charge in [-0.15, -0.1) is 0 Å². The second kappa shape index (κ2) is 8.67. The number of hydrogen-bond donors (Lipinski definition) is 1. The maximum absolute atomic E-state index is 12.1. The Hall–Kier alpha value is -1.55. The van der Waals surface area contributed by atoms with E-state index in [1.54, 1.807) is 18.2 Å². The molecule has 0 heterocycles. The molecule has 1 aromatic carbocycles. The summed E-state index contributed by atoms with van der Waals surface area (Å²) in [5.41, 5.74) is 0.852. The zero-order valence-corrected chi connectivity index (χ0v) is 13.3. The van der Waals surface area contributed by atoms with Gasteiger partial charge in [0.25, 0.3) is 0 Å². The van der Waals surface area contributed by atoms with Gasteiger partial charge in [-0.3, -0.25) is 0 Å². The Bertz CT molecular complexity index is 440. The highest BCUT2D eigenvalue weighted by Gasteiger charge is 2.22. The molecule has 0 saturated carbocycles. The van der Waals surface area contributed by atoms with Crippen LogP contribution in [0.15, 0.2) is 24.3 Å². The molecule has 21 heavy (non-hydrogen) atoms. The number of carbonyl (C=O) groups is 1. The average Bonchev–Trinajstić information content (AvgIpc) is 2.36. The quantitative estimate of drug-likeness (QED) is 0.747. The number of ether oxygens (including phenoxy) is 2. The van der Waals surface area contributed by atoms with Crippen molar-refractivity contribution >= 4 is 5.97 Å². The van der Waals surface area contributed by atoms with Crippen molar-refractivity contribution in [3.63, 3.8) is 0 Å². The van der Waals surface area contributed by atoms with E-state index in [0.29, 0.717) is 18.9 Å². The van der Waals surface area contributed by atoms with Crippen molar-refractivity contribution in [2.24, 2.45) is 5.92 Å². The third-order valence-electron chi connectivity index (χ3n) is 2.96. The van der Waals surface area contributed by atoms with E-state index in [1.165, 1.54) is 0 Å². The lowest BCUT2D eigenvalue weighted by atomic mass is 10.1. The lowest BCUT2D eigenvalue weighted by Gasteiger charge is -2.19. The van der Waals surface area contributed by atoms with Crippen LogP contribution in [0.2, 0.25) is 0 Å². The van der Waals surface area contributed by atoms with Gasteiger partial charge in [-0.1, -0.05) is 26.0 Å². The van der Waals surface area contributed by atoms with Crippen molar-refractivity contribution in [1.82, 2.24) is 0 Å². The first-order chi connectivity index (χ1) is 9.88. The minimum Gasteiger partial charge on any atom is -0.508 e. The smallest absolute Gasteiger partial charge is 0.335 e. The van der Waals surface area contributed by atoms with Crippen LogP contribution in [0.5, 0.6) is 5.75 Å². The maximum Gasteiger partial charge on any atom is 0.335 e. The SMILES string of the molecule is CC(C)CCOC(Cc1cccc(O)c1)C(=O)OC(C)C. The zero-order valence-electron chi connectivity index (χ0n) is 13.3. The molecular weight excluding hydrogens is 268 g/mol. The molecule has 1 aromatic rings. The Morgan fingerprint density at radius 3 is 2.52 bits per heavy atom. The summed E-state index contributed by atoms with van der Waals surface area (Å²) in [5.74, 6) is 0.357. The van der Waals surface area contributed by atoms with E-state index < -0.39 is 6.10 Å². The summed E-state index contributed by atoms with van der Waals surface area (Å²) in [6.45, 7) is 8.38. The minimum atomic E-state index is -0.632. The van der Waals surface area contributed by atoms with Crippen LogP contribution in [-0.2, 0) is 20.7 Å². The molecule has 0 bridgehead atoms. The van der Waals surface area contributed by atoms with Crippen LogP contribution in [0.1, 0.15) is 39.7 Å². The van der Waals surface area contributed by atoms with Crippen molar-refractivity contribution in [1.29, 1.82) is 0 Å². The summed E-state index contributed by atoms with van der Waals surface area (Å²) in [4.78, 5) is 12.1. The van der Waals surface area contributed by atoms with E-state index in [2.05, 4.69) is 13.8 Å². The molecular formula is C17H26O4. The summed E-state index contributed by atoms with van der Waals surface area (Å²) in [7, 11) is 0. The number of rotatable bonds is 8. The average molecular weight is 294 g/mol. The number of phenolic OH excluding ortho intramolecular Hbond substituents is 1. The Kier molecular flexibility index (Phi) is 7.23. The largest absolute Gasteiger partial charge is 0.508 e. The normalized spacial score (nSPS) is 12.7. The molecule has 0 spiro atoms. The fourth-order valence-corrected chi connectivity index (χ4v) is 1.86. The second-order valence-electron chi connectivity index (χ2n) is 5.90. The summed E-state index contributed by atoms with van der Waals surface area (Å²) in [6.07, 6.45) is 0.495. The highest BCUT2D eigenvalue weighted by Crippen LogP contribution is 2.15. The first-order valence-electron chi connectivity index (χ1n) is 7.48. The van der Waals surface area contributed by atoms with Gasteiger partial charge in [-0.05, 0) is 43.9 Å². The van der Waals surface area contributed by atoms with Crippen molar-refractivity contribution in [2.45, 2.75) is 52.7 Å². The first kappa shape index (κ1) is 17.5. The van der Waals surface area contributed by atoms with Gasteiger partial charge in [-0.25, -0.2) is 4.79 Å². The van der Waals surface area contributed by atoms with Crippen molar-refractivity contribution in [3.8, 4) is 5.75 Å². The van der Waals surface area contributed by atoms with Crippen LogP contribution >= 0.6 is 0 Å². The fourth-order valence-electron chi connectivity index (χ4n) is 1.86. The molecule has 0 aliphatic carbocycles. The third-order valence-corrected chi connectivity index (χ3v) is 2.96. The van der Waals surface area contributed by atoms with Gasteiger partial charge in [0.1, 0.15) is 5.75 Å². The van der Waals surface area contributed by atoms with Crippen molar-refractivity contribution < 1.29 is 19.4 Å². The molecule has 118 valence electrons. The molecule has 0 aliphatic heterocycles. The van der Waals surface area contributed by atoms with E-state index >= 15 is 0 Å². The lowest BCUT2D eigenvalue weighted by Crippen LogP contribution is -2.31. The first-order valence-corrected chi connectivity index (χ1v) is 7.48. The van der Waals surface area contributed by atoms with Gasteiger partial charge < -0.3 is 14.6 Å². The Labute approximate surface area is 127 Å². The number of phenols is 1. The molecule has 4 heteroatoms. The predicted octanol–water partition coefficient (Wildman–Crippen LogP) is 3.32.